The molecule has 2 atom stereocenters. The summed E-state index contributed by atoms with van der Waals surface area (Å²) in [6.45, 7) is 7.84. The van der Waals surface area contributed by atoms with Crippen molar-refractivity contribution >= 4 is 0 Å². The molecule has 2 unspecified atom stereocenters. The Balaban J connectivity index is 2.03. The molecule has 0 radical (unpaired) electrons. The molecule has 0 spiro atoms. The monoisotopic (exact) mass is 254 g/mol. The predicted molar refractivity (Wildman–Crippen MR) is 75.6 cm³/mol. The van der Waals surface area contributed by atoms with Gasteiger partial charge in [-0.1, -0.05) is 12.8 Å². The van der Waals surface area contributed by atoms with Gasteiger partial charge in [0.15, 0.2) is 0 Å². The molecule has 2 N–H and O–H groups in total. The summed E-state index contributed by atoms with van der Waals surface area (Å²) < 4.78 is 5.69. The Labute approximate surface area is 112 Å². The van der Waals surface area contributed by atoms with Gasteiger partial charge in [0.1, 0.15) is 0 Å². The van der Waals surface area contributed by atoms with Gasteiger partial charge in [0.25, 0.3) is 0 Å². The molecule has 0 aromatic carbocycles. The average Bonchev–Trinajstić information content (AvgIpc) is 3.05. The Bertz CT molecular complexity index is 253. The number of hydrogen-bond donors (Lipinski definition) is 1. The van der Waals surface area contributed by atoms with Crippen LogP contribution in [0.3, 0.4) is 0 Å². The van der Waals surface area contributed by atoms with Crippen LogP contribution in [0, 0.1) is 5.92 Å². The quantitative estimate of drug-likeness (QED) is 0.791. The van der Waals surface area contributed by atoms with Gasteiger partial charge in [0, 0.05) is 19.2 Å². The summed E-state index contributed by atoms with van der Waals surface area (Å²) in [5.74, 6) is 0.917. The maximum atomic E-state index is 6.07. The second-order valence-electron chi connectivity index (χ2n) is 6.29. The van der Waals surface area contributed by atoms with Crippen LogP contribution < -0.4 is 5.73 Å². The fourth-order valence-electron chi connectivity index (χ4n) is 3.88. The third kappa shape index (κ3) is 2.89. The number of nitrogens with zero attached hydrogens (tertiary/aromatic N) is 1. The molecule has 18 heavy (non-hydrogen) atoms. The van der Waals surface area contributed by atoms with Crippen LogP contribution in [0.5, 0.6) is 0 Å². The highest BCUT2D eigenvalue weighted by Gasteiger charge is 2.42. The van der Waals surface area contributed by atoms with Crippen LogP contribution in [0.15, 0.2) is 0 Å². The molecule has 2 fully saturated rings. The van der Waals surface area contributed by atoms with E-state index in [0.717, 1.165) is 25.2 Å². The molecule has 3 nitrogen and oxygen atoms in total. The summed E-state index contributed by atoms with van der Waals surface area (Å²) in [7, 11) is 0. The topological polar surface area (TPSA) is 38.5 Å². The first-order valence-corrected chi connectivity index (χ1v) is 7.76. The SMILES string of the molecule is CCOCC(C)(CN)N1CCCC1C1CCCC1. The van der Waals surface area contributed by atoms with Crippen LogP contribution >= 0.6 is 0 Å². The van der Waals surface area contributed by atoms with E-state index < -0.39 is 0 Å². The molecule has 1 saturated carbocycles. The van der Waals surface area contributed by atoms with Crippen LogP contribution in [-0.4, -0.2) is 42.8 Å². The summed E-state index contributed by atoms with van der Waals surface area (Å²) in [5.41, 5.74) is 6.11. The van der Waals surface area contributed by atoms with Gasteiger partial charge in [-0.15, -0.1) is 0 Å². The summed E-state index contributed by atoms with van der Waals surface area (Å²) in [4.78, 5) is 2.68. The van der Waals surface area contributed by atoms with Crippen molar-refractivity contribution in [3.8, 4) is 0 Å². The Morgan fingerprint density at radius 2 is 1.94 bits per heavy atom. The fourth-order valence-corrected chi connectivity index (χ4v) is 3.88. The van der Waals surface area contributed by atoms with E-state index >= 15 is 0 Å². The molecule has 1 saturated heterocycles. The minimum Gasteiger partial charge on any atom is -0.380 e. The van der Waals surface area contributed by atoms with Crippen molar-refractivity contribution < 1.29 is 4.74 Å². The lowest BCUT2D eigenvalue weighted by molar-refractivity contribution is -0.00853. The van der Waals surface area contributed by atoms with Gasteiger partial charge in [0.05, 0.1) is 12.1 Å². The third-order valence-corrected chi connectivity index (χ3v) is 4.99. The third-order valence-electron chi connectivity index (χ3n) is 4.99. The normalized spacial score (nSPS) is 29.8. The lowest BCUT2D eigenvalue weighted by Gasteiger charge is -2.43. The van der Waals surface area contributed by atoms with E-state index in [1.165, 1.54) is 45.1 Å². The summed E-state index contributed by atoms with van der Waals surface area (Å²) >= 11 is 0. The van der Waals surface area contributed by atoms with E-state index in [-0.39, 0.29) is 5.54 Å². The predicted octanol–water partition coefficient (Wildman–Crippen LogP) is 2.39. The lowest BCUT2D eigenvalue weighted by Crippen LogP contribution is -2.57. The van der Waals surface area contributed by atoms with Crippen LogP contribution in [0.2, 0.25) is 0 Å². The van der Waals surface area contributed by atoms with Crippen molar-refractivity contribution in [1.82, 2.24) is 4.90 Å². The van der Waals surface area contributed by atoms with E-state index in [1.807, 2.05) is 0 Å². The van der Waals surface area contributed by atoms with Gasteiger partial charge in [-0.2, -0.15) is 0 Å². The van der Waals surface area contributed by atoms with E-state index in [1.54, 1.807) is 0 Å². The zero-order valence-corrected chi connectivity index (χ0v) is 12.2. The van der Waals surface area contributed by atoms with E-state index in [9.17, 15) is 0 Å². The number of likely N-dealkylation sites (tertiary alicyclic amines) is 1. The highest BCUT2D eigenvalue weighted by atomic mass is 16.5. The van der Waals surface area contributed by atoms with Crippen LogP contribution in [0.25, 0.3) is 0 Å². The summed E-state index contributed by atoms with van der Waals surface area (Å²) in [6.07, 6.45) is 8.42. The van der Waals surface area contributed by atoms with Crippen molar-refractivity contribution in [3.63, 3.8) is 0 Å². The van der Waals surface area contributed by atoms with Gasteiger partial charge in [-0.05, 0) is 52.0 Å². The molecule has 1 aliphatic heterocycles. The lowest BCUT2D eigenvalue weighted by atomic mass is 9.91. The molecule has 3 heteroatoms. The molecule has 0 bridgehead atoms. The number of hydrogen-bond acceptors (Lipinski definition) is 3. The Morgan fingerprint density at radius 3 is 2.56 bits per heavy atom. The number of ether oxygens (including phenoxy) is 1. The number of rotatable bonds is 6. The van der Waals surface area contributed by atoms with Crippen molar-refractivity contribution in [1.29, 1.82) is 0 Å². The zero-order valence-electron chi connectivity index (χ0n) is 12.2. The Kier molecular flexibility index (Phi) is 5.05. The van der Waals surface area contributed by atoms with Crippen LogP contribution in [-0.2, 0) is 4.74 Å². The fraction of sp³-hybridized carbons (Fsp3) is 1.00. The number of nitrogens with two attached hydrogens (primary N) is 1. The van der Waals surface area contributed by atoms with E-state index in [4.69, 9.17) is 10.5 Å². The van der Waals surface area contributed by atoms with E-state index in [2.05, 4.69) is 18.7 Å². The molecular formula is C15H30N2O. The van der Waals surface area contributed by atoms with Crippen molar-refractivity contribution in [2.75, 3.05) is 26.3 Å². The maximum absolute atomic E-state index is 6.07. The Morgan fingerprint density at radius 1 is 1.22 bits per heavy atom. The van der Waals surface area contributed by atoms with Gasteiger partial charge in [-0.3, -0.25) is 4.90 Å². The van der Waals surface area contributed by atoms with Crippen LogP contribution in [0.4, 0.5) is 0 Å². The van der Waals surface area contributed by atoms with Gasteiger partial charge >= 0.3 is 0 Å². The smallest absolute Gasteiger partial charge is 0.0660 e. The molecule has 0 aromatic heterocycles. The highest BCUT2D eigenvalue weighted by molar-refractivity contribution is 4.97. The minimum absolute atomic E-state index is 0.0414. The Hall–Kier alpha value is -0.120. The zero-order chi connectivity index (χ0) is 13.0. The van der Waals surface area contributed by atoms with Crippen molar-refractivity contribution in [2.45, 2.75) is 64.0 Å². The molecule has 1 aliphatic carbocycles. The van der Waals surface area contributed by atoms with Gasteiger partial charge < -0.3 is 10.5 Å². The molecule has 0 amide bonds. The first-order chi connectivity index (χ1) is 8.71. The maximum Gasteiger partial charge on any atom is 0.0660 e. The minimum atomic E-state index is 0.0414. The summed E-state index contributed by atoms with van der Waals surface area (Å²) in [6, 6.07) is 0.765. The molecule has 0 aromatic rings. The summed E-state index contributed by atoms with van der Waals surface area (Å²) in [5, 5.41) is 0. The molecule has 106 valence electrons. The average molecular weight is 254 g/mol. The molecule has 2 aliphatic rings. The second kappa shape index (κ2) is 6.36. The highest BCUT2D eigenvalue weighted by Crippen LogP contribution is 2.38. The van der Waals surface area contributed by atoms with E-state index in [0.29, 0.717) is 6.54 Å². The standard InChI is InChI=1S/C15H30N2O/c1-3-18-12-15(2,11-16)17-10-6-9-14(17)13-7-4-5-8-13/h13-14H,3-12,16H2,1-2H3. The molecule has 2 rings (SSSR count). The largest absolute Gasteiger partial charge is 0.380 e. The van der Waals surface area contributed by atoms with Crippen molar-refractivity contribution in [2.24, 2.45) is 11.7 Å². The van der Waals surface area contributed by atoms with Gasteiger partial charge in [0.2, 0.25) is 0 Å². The second-order valence-corrected chi connectivity index (χ2v) is 6.29. The first-order valence-electron chi connectivity index (χ1n) is 7.76. The first kappa shape index (κ1) is 14.3. The molecule has 1 heterocycles. The molecular weight excluding hydrogens is 224 g/mol. The van der Waals surface area contributed by atoms with Crippen LogP contribution in [0.1, 0.15) is 52.4 Å². The van der Waals surface area contributed by atoms with Gasteiger partial charge in [-0.25, -0.2) is 0 Å². The van der Waals surface area contributed by atoms with Crippen molar-refractivity contribution in [3.05, 3.63) is 0 Å².